The van der Waals surface area contributed by atoms with Gasteiger partial charge in [-0.3, -0.25) is 0 Å². The largest absolute Gasteiger partial charge is 0.497 e. The van der Waals surface area contributed by atoms with E-state index in [1.54, 1.807) is 19.2 Å². The molecule has 0 radical (unpaired) electrons. The van der Waals surface area contributed by atoms with Crippen molar-refractivity contribution in [2.75, 3.05) is 12.4 Å². The third kappa shape index (κ3) is 3.74. The summed E-state index contributed by atoms with van der Waals surface area (Å²) >= 11 is 0. The molecule has 1 N–H and O–H groups in total. The molecule has 3 nitrogen and oxygen atoms in total. The van der Waals surface area contributed by atoms with E-state index in [-0.39, 0.29) is 11.8 Å². The van der Waals surface area contributed by atoms with Crippen LogP contribution in [0.3, 0.4) is 0 Å². The lowest BCUT2D eigenvalue weighted by Crippen LogP contribution is -2.30. The highest BCUT2D eigenvalue weighted by molar-refractivity contribution is 5.60. The average molecular weight is 285 g/mol. The summed E-state index contributed by atoms with van der Waals surface area (Å²) < 4.78 is 34.6. The van der Waals surface area contributed by atoms with Crippen molar-refractivity contribution in [2.45, 2.75) is 45.3 Å². The van der Waals surface area contributed by atoms with Crippen LogP contribution in [0.4, 0.5) is 14.5 Å². The number of alkyl halides is 2. The van der Waals surface area contributed by atoms with Gasteiger partial charge in [-0.2, -0.15) is 8.78 Å². The Morgan fingerprint density at radius 3 is 2.65 bits per heavy atom. The van der Waals surface area contributed by atoms with Gasteiger partial charge >= 0.3 is 6.61 Å². The zero-order chi connectivity index (χ0) is 14.5. The molecule has 1 fully saturated rings. The molecule has 0 saturated heterocycles. The van der Waals surface area contributed by atoms with Crippen LogP contribution in [0.2, 0.25) is 0 Å². The van der Waals surface area contributed by atoms with Crippen LogP contribution >= 0.6 is 0 Å². The van der Waals surface area contributed by atoms with Crippen molar-refractivity contribution in [3.63, 3.8) is 0 Å². The van der Waals surface area contributed by atoms with Crippen LogP contribution in [0.15, 0.2) is 18.2 Å². The molecule has 0 heterocycles. The summed E-state index contributed by atoms with van der Waals surface area (Å²) in [5.74, 6) is 1.31. The Kier molecular flexibility index (Phi) is 5.04. The van der Waals surface area contributed by atoms with Gasteiger partial charge in [0.05, 0.1) is 12.8 Å². The Balaban J connectivity index is 2.18. The lowest BCUT2D eigenvalue weighted by molar-refractivity contribution is -0.0494. The molecule has 2 rings (SSSR count). The molecule has 0 spiro atoms. The van der Waals surface area contributed by atoms with Gasteiger partial charge < -0.3 is 14.8 Å². The molecule has 1 aromatic rings. The molecule has 2 atom stereocenters. The lowest BCUT2D eigenvalue weighted by Gasteiger charge is -2.31. The van der Waals surface area contributed by atoms with Crippen LogP contribution < -0.4 is 14.8 Å². The molecule has 0 aliphatic heterocycles. The van der Waals surface area contributed by atoms with E-state index in [4.69, 9.17) is 4.74 Å². The third-order valence-corrected chi connectivity index (χ3v) is 3.86. The number of hydrogen-bond acceptors (Lipinski definition) is 3. The van der Waals surface area contributed by atoms with Crippen molar-refractivity contribution in [1.82, 2.24) is 0 Å². The summed E-state index contributed by atoms with van der Waals surface area (Å²) in [5, 5.41) is 3.34. The second-order valence-corrected chi connectivity index (χ2v) is 5.25. The van der Waals surface area contributed by atoms with E-state index in [0.717, 1.165) is 19.3 Å². The second-order valence-electron chi connectivity index (χ2n) is 5.25. The summed E-state index contributed by atoms with van der Waals surface area (Å²) in [6.07, 6.45) is 4.61. The first-order valence-electron chi connectivity index (χ1n) is 6.99. The maximum absolute atomic E-state index is 12.5. The van der Waals surface area contributed by atoms with Crippen LogP contribution in [0, 0.1) is 5.92 Å². The van der Waals surface area contributed by atoms with Gasteiger partial charge in [0, 0.05) is 12.1 Å². The van der Waals surface area contributed by atoms with E-state index < -0.39 is 6.61 Å². The maximum Gasteiger partial charge on any atom is 0.387 e. The zero-order valence-corrected chi connectivity index (χ0v) is 11.9. The van der Waals surface area contributed by atoms with Gasteiger partial charge in [0.25, 0.3) is 0 Å². The van der Waals surface area contributed by atoms with Gasteiger partial charge in [-0.25, -0.2) is 0 Å². The predicted octanol–water partition coefficient (Wildman–Crippen LogP) is 4.29. The van der Waals surface area contributed by atoms with Gasteiger partial charge in [-0.1, -0.05) is 19.8 Å². The standard InChI is InChI=1S/C15H21F2NO2/c1-10-5-3-4-6-12(10)18-13-9-11(19-2)7-8-14(13)20-15(16)17/h7-10,12,15,18H,3-6H2,1-2H3. The van der Waals surface area contributed by atoms with Crippen molar-refractivity contribution in [3.05, 3.63) is 18.2 Å². The summed E-state index contributed by atoms with van der Waals surface area (Å²) in [4.78, 5) is 0. The molecule has 0 aromatic heterocycles. The first-order chi connectivity index (χ1) is 9.60. The number of ether oxygens (including phenoxy) is 2. The molecule has 5 heteroatoms. The van der Waals surface area contributed by atoms with E-state index in [9.17, 15) is 8.78 Å². The van der Waals surface area contributed by atoms with Crippen molar-refractivity contribution < 1.29 is 18.3 Å². The Hall–Kier alpha value is -1.52. The van der Waals surface area contributed by atoms with Crippen LogP contribution in [0.25, 0.3) is 0 Å². The molecular formula is C15H21F2NO2. The highest BCUT2D eigenvalue weighted by Crippen LogP contribution is 2.34. The Bertz CT molecular complexity index is 440. The van der Waals surface area contributed by atoms with Crippen LogP contribution in [0.5, 0.6) is 11.5 Å². The maximum atomic E-state index is 12.5. The third-order valence-electron chi connectivity index (χ3n) is 3.86. The van der Waals surface area contributed by atoms with Crippen LogP contribution in [-0.4, -0.2) is 19.8 Å². The minimum Gasteiger partial charge on any atom is -0.497 e. The molecule has 1 aliphatic rings. The van der Waals surface area contributed by atoms with E-state index in [1.807, 2.05) is 0 Å². The predicted molar refractivity (Wildman–Crippen MR) is 74.7 cm³/mol. The summed E-state index contributed by atoms with van der Waals surface area (Å²) in [5.41, 5.74) is 0.573. The smallest absolute Gasteiger partial charge is 0.387 e. The Labute approximate surface area is 118 Å². The average Bonchev–Trinajstić information content (AvgIpc) is 2.42. The lowest BCUT2D eigenvalue weighted by atomic mass is 9.86. The monoisotopic (exact) mass is 285 g/mol. The normalized spacial score (nSPS) is 22.6. The fraction of sp³-hybridized carbons (Fsp3) is 0.600. The molecule has 1 aliphatic carbocycles. The van der Waals surface area contributed by atoms with Gasteiger partial charge in [0.15, 0.2) is 0 Å². The van der Waals surface area contributed by atoms with E-state index in [1.165, 1.54) is 12.5 Å². The molecule has 1 aromatic carbocycles. The van der Waals surface area contributed by atoms with Crippen molar-refractivity contribution in [1.29, 1.82) is 0 Å². The summed E-state index contributed by atoms with van der Waals surface area (Å²) in [6.45, 7) is -0.641. The Morgan fingerprint density at radius 1 is 1.25 bits per heavy atom. The highest BCUT2D eigenvalue weighted by atomic mass is 19.3. The molecule has 1 saturated carbocycles. The molecule has 0 bridgehead atoms. The van der Waals surface area contributed by atoms with Gasteiger partial charge in [0.1, 0.15) is 11.5 Å². The minimum absolute atomic E-state index is 0.165. The summed E-state index contributed by atoms with van der Waals surface area (Å²) in [6, 6.07) is 5.13. The number of halogens is 2. The van der Waals surface area contributed by atoms with E-state index in [2.05, 4.69) is 17.0 Å². The number of hydrogen-bond donors (Lipinski definition) is 1. The molecule has 2 unspecified atom stereocenters. The quantitative estimate of drug-likeness (QED) is 0.875. The number of methoxy groups -OCH3 is 1. The molecular weight excluding hydrogens is 264 g/mol. The van der Waals surface area contributed by atoms with Crippen LogP contribution in [0.1, 0.15) is 32.6 Å². The van der Waals surface area contributed by atoms with Gasteiger partial charge in [-0.05, 0) is 30.9 Å². The SMILES string of the molecule is COc1ccc(OC(F)F)c(NC2CCCCC2C)c1. The second kappa shape index (κ2) is 6.77. The molecule has 112 valence electrons. The fourth-order valence-corrected chi connectivity index (χ4v) is 2.68. The fourth-order valence-electron chi connectivity index (χ4n) is 2.68. The number of benzene rings is 1. The highest BCUT2D eigenvalue weighted by Gasteiger charge is 2.22. The van der Waals surface area contributed by atoms with Crippen molar-refractivity contribution in [2.24, 2.45) is 5.92 Å². The Morgan fingerprint density at radius 2 is 2.00 bits per heavy atom. The van der Waals surface area contributed by atoms with Gasteiger partial charge in [-0.15, -0.1) is 0 Å². The number of nitrogens with one attached hydrogen (secondary N) is 1. The topological polar surface area (TPSA) is 30.5 Å². The zero-order valence-electron chi connectivity index (χ0n) is 11.9. The van der Waals surface area contributed by atoms with Gasteiger partial charge in [0.2, 0.25) is 0 Å². The first-order valence-corrected chi connectivity index (χ1v) is 6.99. The first kappa shape index (κ1) is 14.9. The van der Waals surface area contributed by atoms with Crippen LogP contribution in [-0.2, 0) is 0 Å². The number of anilines is 1. The number of rotatable bonds is 5. The molecule has 20 heavy (non-hydrogen) atoms. The van der Waals surface area contributed by atoms with Crippen molar-refractivity contribution >= 4 is 5.69 Å². The van der Waals surface area contributed by atoms with E-state index >= 15 is 0 Å². The molecule has 0 amide bonds. The minimum atomic E-state index is -2.83. The van der Waals surface area contributed by atoms with E-state index in [0.29, 0.717) is 17.4 Å². The van der Waals surface area contributed by atoms with Crippen molar-refractivity contribution in [3.8, 4) is 11.5 Å². The summed E-state index contributed by atoms with van der Waals surface area (Å²) in [7, 11) is 1.55.